The number of alkyl halides is 1. The van der Waals surface area contributed by atoms with Gasteiger partial charge in [0.1, 0.15) is 29.8 Å². The van der Waals surface area contributed by atoms with Gasteiger partial charge < -0.3 is 19.3 Å². The Balaban J connectivity index is 1.13. The Kier molecular flexibility index (Phi) is 9.17. The molecule has 0 bridgehead atoms. The van der Waals surface area contributed by atoms with E-state index in [0.29, 0.717) is 72.9 Å². The van der Waals surface area contributed by atoms with Crippen LogP contribution in [-0.2, 0) is 9.53 Å². The molecular formula is C38H40ClF2N7O3. The lowest BCUT2D eigenvalue weighted by atomic mass is 9.95. The Labute approximate surface area is 300 Å². The number of carbonyl (C=O) groups excluding carboxylic acids is 1. The highest BCUT2D eigenvalue weighted by molar-refractivity contribution is 6.36. The van der Waals surface area contributed by atoms with Crippen LogP contribution in [0.15, 0.2) is 42.6 Å². The maximum Gasteiger partial charge on any atom is 0.319 e. The topological polar surface area (TPSA) is 87.2 Å². The lowest BCUT2D eigenvalue weighted by molar-refractivity contribution is -0.124. The molecule has 6 heterocycles. The molecule has 4 atom stereocenters. The minimum atomic E-state index is -0.915. The van der Waals surface area contributed by atoms with Gasteiger partial charge in [-0.3, -0.25) is 19.6 Å². The molecule has 0 spiro atoms. The van der Waals surface area contributed by atoms with Crippen LogP contribution in [0.5, 0.6) is 6.01 Å². The number of hydrogen-bond donors (Lipinski definition) is 0. The summed E-state index contributed by atoms with van der Waals surface area (Å²) >= 11 is 6.63. The van der Waals surface area contributed by atoms with Crippen molar-refractivity contribution in [2.75, 3.05) is 71.5 Å². The van der Waals surface area contributed by atoms with E-state index in [9.17, 15) is 9.18 Å². The Morgan fingerprint density at radius 3 is 2.86 bits per heavy atom. The number of halogens is 3. The summed E-state index contributed by atoms with van der Waals surface area (Å²) in [5.41, 5.74) is 0.284. The molecule has 2 aromatic heterocycles. The molecule has 8 rings (SSSR count). The normalized spacial score (nSPS) is 25.3. The summed E-state index contributed by atoms with van der Waals surface area (Å²) in [7, 11) is 3.85. The van der Waals surface area contributed by atoms with Crippen LogP contribution in [0.1, 0.15) is 25.7 Å². The summed E-state index contributed by atoms with van der Waals surface area (Å²) in [5.74, 6) is 5.47. The number of pyridine rings is 1. The van der Waals surface area contributed by atoms with E-state index in [1.807, 2.05) is 43.3 Å². The molecular weight excluding hydrogens is 676 g/mol. The molecule has 0 aliphatic carbocycles. The number of amides is 1. The summed E-state index contributed by atoms with van der Waals surface area (Å²) in [6, 6.07) is 10.9. The van der Waals surface area contributed by atoms with Crippen LogP contribution in [0.25, 0.3) is 32.9 Å². The minimum absolute atomic E-state index is 0.00972. The number of ether oxygens (including phenoxy) is 2. The van der Waals surface area contributed by atoms with E-state index in [2.05, 4.69) is 31.6 Å². The van der Waals surface area contributed by atoms with Crippen molar-refractivity contribution in [3.05, 3.63) is 53.4 Å². The predicted molar refractivity (Wildman–Crippen MR) is 192 cm³/mol. The van der Waals surface area contributed by atoms with Crippen LogP contribution in [0.3, 0.4) is 0 Å². The Morgan fingerprint density at radius 2 is 2.02 bits per heavy atom. The monoisotopic (exact) mass is 715 g/mol. The number of morpholine rings is 1. The molecule has 266 valence electrons. The SMILES string of the molecule is CN1CCOCC1C#CC(=O)N1CC[C@@H](N(C)c2nc(OCC34CCCN3C[C@H](F)C4)nc3c(F)c(-c4cccc5cccc(Cl)c45)ncc23)C1. The molecule has 0 N–H and O–H groups in total. The smallest absolute Gasteiger partial charge is 0.319 e. The van der Waals surface area contributed by atoms with E-state index >= 15 is 4.39 Å². The highest BCUT2D eigenvalue weighted by Crippen LogP contribution is 2.41. The van der Waals surface area contributed by atoms with Gasteiger partial charge in [0.15, 0.2) is 5.82 Å². The van der Waals surface area contributed by atoms with Crippen LogP contribution in [-0.4, -0.2) is 126 Å². The number of benzene rings is 2. The van der Waals surface area contributed by atoms with Gasteiger partial charge in [-0.1, -0.05) is 47.9 Å². The summed E-state index contributed by atoms with van der Waals surface area (Å²) in [5, 5.41) is 2.45. The fraction of sp³-hybridized carbons (Fsp3) is 0.474. The Bertz CT molecular complexity index is 2050. The number of carbonyl (C=O) groups is 1. The molecule has 51 heavy (non-hydrogen) atoms. The first-order chi connectivity index (χ1) is 24.7. The van der Waals surface area contributed by atoms with E-state index in [4.69, 9.17) is 26.1 Å². The number of likely N-dealkylation sites (N-methyl/N-ethyl adjacent to an activating group) is 2. The second-order valence-electron chi connectivity index (χ2n) is 14.2. The van der Waals surface area contributed by atoms with E-state index < -0.39 is 17.5 Å². The number of likely N-dealkylation sites (tertiary alicyclic amines) is 1. The first-order valence-electron chi connectivity index (χ1n) is 17.6. The Hall–Kier alpha value is -4.15. The van der Waals surface area contributed by atoms with Gasteiger partial charge in [0, 0.05) is 67.9 Å². The summed E-state index contributed by atoms with van der Waals surface area (Å²) in [4.78, 5) is 35.1. The number of fused-ring (bicyclic) bond motifs is 3. The van der Waals surface area contributed by atoms with Crippen molar-refractivity contribution in [3.8, 4) is 29.1 Å². The third kappa shape index (κ3) is 6.35. The third-order valence-electron chi connectivity index (χ3n) is 11.1. The molecule has 4 aliphatic heterocycles. The lowest BCUT2D eigenvalue weighted by Crippen LogP contribution is -2.43. The van der Waals surface area contributed by atoms with E-state index in [-0.39, 0.29) is 41.8 Å². The van der Waals surface area contributed by atoms with Gasteiger partial charge in [0.05, 0.1) is 30.2 Å². The van der Waals surface area contributed by atoms with Gasteiger partial charge in [-0.15, -0.1) is 0 Å². The summed E-state index contributed by atoms with van der Waals surface area (Å²) in [6.45, 7) is 4.24. The summed E-state index contributed by atoms with van der Waals surface area (Å²) < 4.78 is 43.2. The highest BCUT2D eigenvalue weighted by atomic mass is 35.5. The lowest BCUT2D eigenvalue weighted by Gasteiger charge is -2.31. The van der Waals surface area contributed by atoms with Gasteiger partial charge in [-0.25, -0.2) is 8.78 Å². The second-order valence-corrected chi connectivity index (χ2v) is 14.6. The average molecular weight is 716 g/mol. The Morgan fingerprint density at radius 1 is 1.18 bits per heavy atom. The van der Waals surface area contributed by atoms with Crippen molar-refractivity contribution >= 4 is 45.0 Å². The fourth-order valence-corrected chi connectivity index (χ4v) is 8.44. The molecule has 1 amide bonds. The zero-order valence-corrected chi connectivity index (χ0v) is 29.5. The first kappa shape index (κ1) is 34.0. The number of hydrogen-bond acceptors (Lipinski definition) is 9. The van der Waals surface area contributed by atoms with Gasteiger partial charge in [0.2, 0.25) is 0 Å². The molecule has 2 aromatic carbocycles. The van der Waals surface area contributed by atoms with Crippen molar-refractivity contribution in [1.82, 2.24) is 29.7 Å². The number of aromatic nitrogens is 3. The molecule has 4 aliphatic rings. The highest BCUT2D eigenvalue weighted by Gasteiger charge is 2.49. The molecule has 4 saturated heterocycles. The zero-order valence-electron chi connectivity index (χ0n) is 28.7. The van der Waals surface area contributed by atoms with Gasteiger partial charge in [-0.2, -0.15) is 9.97 Å². The van der Waals surface area contributed by atoms with Gasteiger partial charge in [-0.05, 0) is 50.2 Å². The first-order valence-corrected chi connectivity index (χ1v) is 18.0. The fourth-order valence-electron chi connectivity index (χ4n) is 8.16. The van der Waals surface area contributed by atoms with Crippen molar-refractivity contribution in [3.63, 3.8) is 0 Å². The number of nitrogens with zero attached hydrogens (tertiary/aromatic N) is 7. The van der Waals surface area contributed by atoms with E-state index in [0.717, 1.165) is 31.3 Å². The quantitative estimate of drug-likeness (QED) is 0.257. The largest absolute Gasteiger partial charge is 0.461 e. The van der Waals surface area contributed by atoms with Crippen molar-refractivity contribution in [2.45, 2.75) is 49.5 Å². The molecule has 4 fully saturated rings. The maximum atomic E-state index is 16.8. The van der Waals surface area contributed by atoms with Gasteiger partial charge in [0.25, 0.3) is 5.91 Å². The summed E-state index contributed by atoms with van der Waals surface area (Å²) in [6.07, 6.45) is 3.50. The minimum Gasteiger partial charge on any atom is -0.461 e. The maximum absolute atomic E-state index is 16.8. The number of anilines is 1. The molecule has 10 nitrogen and oxygen atoms in total. The predicted octanol–water partition coefficient (Wildman–Crippen LogP) is 4.96. The molecule has 0 radical (unpaired) electrons. The van der Waals surface area contributed by atoms with Crippen molar-refractivity contribution in [2.24, 2.45) is 0 Å². The second kappa shape index (κ2) is 13.8. The van der Waals surface area contributed by atoms with Crippen molar-refractivity contribution < 1.29 is 23.0 Å². The third-order valence-corrected chi connectivity index (χ3v) is 11.4. The molecule has 13 heteroatoms. The van der Waals surface area contributed by atoms with Crippen LogP contribution in [0, 0.1) is 17.7 Å². The van der Waals surface area contributed by atoms with E-state index in [1.54, 1.807) is 23.2 Å². The van der Waals surface area contributed by atoms with E-state index in [1.165, 1.54) is 0 Å². The van der Waals surface area contributed by atoms with Crippen LogP contribution in [0.2, 0.25) is 5.02 Å². The molecule has 4 aromatic rings. The van der Waals surface area contributed by atoms with Crippen LogP contribution in [0.4, 0.5) is 14.6 Å². The average Bonchev–Trinajstić information content (AvgIpc) is 3.85. The van der Waals surface area contributed by atoms with Crippen molar-refractivity contribution in [1.29, 1.82) is 0 Å². The van der Waals surface area contributed by atoms with Crippen LogP contribution >= 0.6 is 11.6 Å². The van der Waals surface area contributed by atoms with Crippen LogP contribution < -0.4 is 9.64 Å². The molecule has 0 saturated carbocycles. The van der Waals surface area contributed by atoms with Gasteiger partial charge >= 0.3 is 6.01 Å². The zero-order chi connectivity index (χ0) is 35.3. The standard InChI is InChI=1S/C38H40ClF2N7O3/c1-45-16-17-50-22-27(45)10-11-31(49)47-15-12-26(21-47)46(2)36-29-19-42-34(28-8-3-6-24-7-4-9-30(39)32(24)28)33(41)35(29)43-37(44-36)51-23-38-13-5-14-48(38)20-25(40)18-38/h3-4,6-9,19,25-27H,5,12-18,20-23H2,1-2H3/t25-,26-,27?,38?/m1/s1. The molecule has 2 unspecified atom stereocenters. The number of rotatable bonds is 6.